The molecule has 0 saturated carbocycles. The Bertz CT molecular complexity index is 707. The number of benzene rings is 1. The summed E-state index contributed by atoms with van der Waals surface area (Å²) in [5, 5.41) is 12.1. The average Bonchev–Trinajstić information content (AvgIpc) is 2.66. The number of carbonyl (C=O) groups is 1. The predicted molar refractivity (Wildman–Crippen MR) is 98.6 cm³/mol. The molecule has 0 radical (unpaired) electrons. The van der Waals surface area contributed by atoms with Crippen LogP contribution in [0.4, 0.5) is 5.69 Å². The first-order chi connectivity index (χ1) is 12.2. The molecule has 1 aliphatic heterocycles. The number of aromatic nitrogens is 1. The molecule has 25 heavy (non-hydrogen) atoms. The largest absolute Gasteiger partial charge is 0.396 e. The van der Waals surface area contributed by atoms with Crippen molar-refractivity contribution in [1.82, 2.24) is 10.3 Å². The van der Waals surface area contributed by atoms with Crippen LogP contribution in [-0.4, -0.2) is 35.7 Å². The molecule has 0 atom stereocenters. The van der Waals surface area contributed by atoms with E-state index in [1.54, 1.807) is 6.07 Å². The number of hydrogen-bond acceptors (Lipinski definition) is 4. The molecule has 2 N–H and O–H groups in total. The van der Waals surface area contributed by atoms with Gasteiger partial charge in [-0.1, -0.05) is 18.2 Å². The summed E-state index contributed by atoms with van der Waals surface area (Å²) in [7, 11) is 0. The first-order valence-electron chi connectivity index (χ1n) is 8.82. The van der Waals surface area contributed by atoms with Gasteiger partial charge in [-0.25, -0.2) is 4.98 Å². The van der Waals surface area contributed by atoms with Gasteiger partial charge in [-0.15, -0.1) is 0 Å². The number of nitrogens with one attached hydrogen (secondary N) is 1. The van der Waals surface area contributed by atoms with Gasteiger partial charge in [0.15, 0.2) is 0 Å². The Morgan fingerprint density at radius 1 is 1.20 bits per heavy atom. The minimum atomic E-state index is -0.154. The van der Waals surface area contributed by atoms with Gasteiger partial charge >= 0.3 is 0 Å². The molecule has 5 nitrogen and oxygen atoms in total. The van der Waals surface area contributed by atoms with Crippen LogP contribution in [0.3, 0.4) is 0 Å². The van der Waals surface area contributed by atoms with E-state index in [1.807, 2.05) is 19.1 Å². The second kappa shape index (κ2) is 8.12. The molecule has 1 saturated heterocycles. The Kier molecular flexibility index (Phi) is 5.66. The van der Waals surface area contributed by atoms with Crippen LogP contribution in [0.25, 0.3) is 0 Å². The average molecular weight is 339 g/mol. The van der Waals surface area contributed by atoms with Crippen LogP contribution in [0, 0.1) is 12.8 Å². The molecule has 3 rings (SSSR count). The zero-order valence-corrected chi connectivity index (χ0v) is 14.6. The van der Waals surface area contributed by atoms with E-state index in [2.05, 4.69) is 39.5 Å². The first-order valence-corrected chi connectivity index (χ1v) is 8.82. The predicted octanol–water partition coefficient (Wildman–Crippen LogP) is 2.53. The van der Waals surface area contributed by atoms with Crippen LogP contribution < -0.4 is 10.2 Å². The van der Waals surface area contributed by atoms with E-state index in [1.165, 1.54) is 5.69 Å². The minimum absolute atomic E-state index is 0.154. The molecule has 0 unspecified atom stereocenters. The third-order valence-corrected chi connectivity index (χ3v) is 4.75. The molecule has 0 spiro atoms. The molecular formula is C20H25N3O2. The van der Waals surface area contributed by atoms with Crippen LogP contribution in [0.15, 0.2) is 42.5 Å². The van der Waals surface area contributed by atoms with Crippen LogP contribution in [0.1, 0.15) is 34.6 Å². The fourth-order valence-electron chi connectivity index (χ4n) is 3.14. The van der Waals surface area contributed by atoms with Crippen LogP contribution in [-0.2, 0) is 6.54 Å². The molecule has 1 aromatic carbocycles. The lowest BCUT2D eigenvalue weighted by Crippen LogP contribution is -2.34. The number of aliphatic hydroxyl groups excluding tert-OH is 1. The number of nitrogens with zero attached hydrogens (tertiary/aromatic N) is 2. The van der Waals surface area contributed by atoms with Crippen molar-refractivity contribution in [3.05, 3.63) is 59.4 Å². The maximum absolute atomic E-state index is 12.1. The molecule has 5 heteroatoms. The highest BCUT2D eigenvalue weighted by Crippen LogP contribution is 2.23. The Labute approximate surface area is 148 Å². The molecular weight excluding hydrogens is 314 g/mol. The van der Waals surface area contributed by atoms with E-state index >= 15 is 0 Å². The fourth-order valence-corrected chi connectivity index (χ4v) is 3.14. The maximum Gasteiger partial charge on any atom is 0.270 e. The number of pyridine rings is 1. The van der Waals surface area contributed by atoms with E-state index in [0.717, 1.165) is 37.2 Å². The summed E-state index contributed by atoms with van der Waals surface area (Å²) in [5.74, 6) is 0.292. The topological polar surface area (TPSA) is 65.5 Å². The van der Waals surface area contributed by atoms with Crippen molar-refractivity contribution in [2.45, 2.75) is 26.3 Å². The maximum atomic E-state index is 12.1. The summed E-state index contributed by atoms with van der Waals surface area (Å²) < 4.78 is 0. The summed E-state index contributed by atoms with van der Waals surface area (Å²) in [5.41, 5.74) is 3.55. The molecule has 1 aromatic heterocycles. The Morgan fingerprint density at radius 2 is 1.92 bits per heavy atom. The van der Waals surface area contributed by atoms with Crippen LogP contribution in [0.2, 0.25) is 0 Å². The van der Waals surface area contributed by atoms with Crippen LogP contribution in [0.5, 0.6) is 0 Å². The summed E-state index contributed by atoms with van der Waals surface area (Å²) in [6.07, 6.45) is 2.08. The molecule has 2 aromatic rings. The van der Waals surface area contributed by atoms with Crippen molar-refractivity contribution in [3.63, 3.8) is 0 Å². The van der Waals surface area contributed by atoms with E-state index in [4.69, 9.17) is 0 Å². The number of carbonyl (C=O) groups excluding carboxylic acids is 1. The van der Waals surface area contributed by atoms with Gasteiger partial charge in [0, 0.05) is 37.6 Å². The third kappa shape index (κ3) is 4.57. The number of piperidine rings is 1. The van der Waals surface area contributed by atoms with Gasteiger partial charge in [-0.05, 0) is 55.5 Å². The zero-order valence-electron chi connectivity index (χ0n) is 14.6. The van der Waals surface area contributed by atoms with E-state index < -0.39 is 0 Å². The SMILES string of the molecule is Cc1cccc(C(=O)NCc2ccc(N3CCC(CO)CC3)cc2)n1. The van der Waals surface area contributed by atoms with Crippen LogP contribution >= 0.6 is 0 Å². The normalized spacial score (nSPS) is 15.2. The van der Waals surface area contributed by atoms with Gasteiger partial charge in [0.1, 0.15) is 5.69 Å². The van der Waals surface area contributed by atoms with E-state index in [-0.39, 0.29) is 5.91 Å². The molecule has 2 heterocycles. The number of rotatable bonds is 5. The van der Waals surface area contributed by atoms with Gasteiger partial charge in [-0.2, -0.15) is 0 Å². The third-order valence-electron chi connectivity index (χ3n) is 4.75. The van der Waals surface area contributed by atoms with E-state index in [0.29, 0.717) is 24.8 Å². The minimum Gasteiger partial charge on any atom is -0.396 e. The van der Waals surface area contributed by atoms with Crippen molar-refractivity contribution in [3.8, 4) is 0 Å². The Balaban J connectivity index is 1.53. The van der Waals surface area contributed by atoms with Gasteiger partial charge in [-0.3, -0.25) is 4.79 Å². The van der Waals surface area contributed by atoms with Gasteiger partial charge in [0.2, 0.25) is 0 Å². The van der Waals surface area contributed by atoms with Gasteiger partial charge < -0.3 is 15.3 Å². The highest BCUT2D eigenvalue weighted by Gasteiger charge is 2.18. The highest BCUT2D eigenvalue weighted by atomic mass is 16.3. The van der Waals surface area contributed by atoms with Gasteiger partial charge in [0.05, 0.1) is 0 Å². The Morgan fingerprint density at radius 3 is 2.56 bits per heavy atom. The second-order valence-corrected chi connectivity index (χ2v) is 6.63. The smallest absolute Gasteiger partial charge is 0.270 e. The highest BCUT2D eigenvalue weighted by molar-refractivity contribution is 5.92. The lowest BCUT2D eigenvalue weighted by atomic mass is 9.97. The number of anilines is 1. The number of amides is 1. The molecule has 0 aliphatic carbocycles. The van der Waals surface area contributed by atoms with E-state index in [9.17, 15) is 9.90 Å². The quantitative estimate of drug-likeness (QED) is 0.878. The Hall–Kier alpha value is -2.40. The monoisotopic (exact) mass is 339 g/mol. The lowest BCUT2D eigenvalue weighted by Gasteiger charge is -2.33. The zero-order chi connectivity index (χ0) is 17.6. The fraction of sp³-hybridized carbons (Fsp3) is 0.400. The second-order valence-electron chi connectivity index (χ2n) is 6.63. The number of aliphatic hydroxyl groups is 1. The van der Waals surface area contributed by atoms with Crippen molar-refractivity contribution in [1.29, 1.82) is 0 Å². The molecule has 1 amide bonds. The van der Waals surface area contributed by atoms with Crippen molar-refractivity contribution < 1.29 is 9.90 Å². The van der Waals surface area contributed by atoms with Crippen molar-refractivity contribution in [2.24, 2.45) is 5.92 Å². The van der Waals surface area contributed by atoms with Crippen molar-refractivity contribution >= 4 is 11.6 Å². The number of hydrogen-bond donors (Lipinski definition) is 2. The molecule has 132 valence electrons. The standard InChI is InChI=1S/C20H25N3O2/c1-15-3-2-4-19(22-15)20(25)21-13-16-5-7-18(8-6-16)23-11-9-17(14-24)10-12-23/h2-8,17,24H,9-14H2,1H3,(H,21,25). The molecule has 1 fully saturated rings. The summed E-state index contributed by atoms with van der Waals surface area (Å²) in [6.45, 7) is 4.63. The first kappa shape index (κ1) is 17.4. The summed E-state index contributed by atoms with van der Waals surface area (Å²) >= 11 is 0. The molecule has 1 aliphatic rings. The lowest BCUT2D eigenvalue weighted by molar-refractivity contribution is 0.0945. The summed E-state index contributed by atoms with van der Waals surface area (Å²) in [6, 6.07) is 13.7. The van der Waals surface area contributed by atoms with Gasteiger partial charge in [0.25, 0.3) is 5.91 Å². The summed E-state index contributed by atoms with van der Waals surface area (Å²) in [4.78, 5) is 18.7. The number of aryl methyl sites for hydroxylation is 1. The molecule has 0 bridgehead atoms. The van der Waals surface area contributed by atoms with Crippen molar-refractivity contribution in [2.75, 3.05) is 24.6 Å².